The number of nitrogens with zero attached hydrogens (tertiary/aromatic N) is 2. The van der Waals surface area contributed by atoms with E-state index in [0.29, 0.717) is 5.92 Å². The van der Waals surface area contributed by atoms with Crippen LogP contribution in [0.25, 0.3) is 32.3 Å². The van der Waals surface area contributed by atoms with Gasteiger partial charge in [0, 0.05) is 42.6 Å². The summed E-state index contributed by atoms with van der Waals surface area (Å²) in [5, 5.41) is 3.68. The molecule has 0 spiro atoms. The van der Waals surface area contributed by atoms with E-state index in [1.54, 1.807) is 0 Å². The second-order valence-corrected chi connectivity index (χ2v) is 25.8. The van der Waals surface area contributed by atoms with Crippen LogP contribution in [0.3, 0.4) is 0 Å². The number of fused-ring (bicyclic) bond motifs is 1. The third-order valence-corrected chi connectivity index (χ3v) is 16.2. The van der Waals surface area contributed by atoms with Gasteiger partial charge >= 0.3 is 0 Å². The fourth-order valence-corrected chi connectivity index (χ4v) is 11.6. The molecule has 0 N–H and O–H groups in total. The van der Waals surface area contributed by atoms with Crippen molar-refractivity contribution < 1.29 is 0 Å². The van der Waals surface area contributed by atoms with Gasteiger partial charge in [0.15, 0.2) is 0 Å². The number of hydrogen-bond donors (Lipinski definition) is 0. The molecular weight excluding hydrogens is 933 g/mol. The van der Waals surface area contributed by atoms with E-state index >= 15 is 0 Å². The summed E-state index contributed by atoms with van der Waals surface area (Å²) in [4.78, 5) is 5.06. The highest BCUT2D eigenvalue weighted by Crippen LogP contribution is 2.51. The summed E-state index contributed by atoms with van der Waals surface area (Å²) in [5.74, 6) is 0.580. The molecule has 360 valence electrons. The summed E-state index contributed by atoms with van der Waals surface area (Å²) < 4.78 is 2.35. The standard InChI is InChI=1S/C66H73BrN2S/c1-63(2,3)49-28-23-45(24-29-49)46-25-32-53(33-26-46)68(60-35-30-51(41-58(60)67)65(7,8)9)54-38-52(66(10,11)12)39-55(42-54)69(61-43-70-62-36-31-50(40-57(61)62)64(4,5)6)59-34-27-48(44-19-15-13-16-20-44)37-56(59)47-21-17-14-18-22-47/h14,17-18,21-44H,13,15-16,19-20H2,1-12H3. The second kappa shape index (κ2) is 19.3. The van der Waals surface area contributed by atoms with E-state index in [9.17, 15) is 0 Å². The van der Waals surface area contributed by atoms with Crippen LogP contribution in [0.15, 0.2) is 162 Å². The van der Waals surface area contributed by atoms with E-state index in [-0.39, 0.29) is 21.7 Å². The van der Waals surface area contributed by atoms with Crippen LogP contribution in [-0.4, -0.2) is 0 Å². The van der Waals surface area contributed by atoms with Crippen LogP contribution in [-0.2, 0) is 21.7 Å². The van der Waals surface area contributed by atoms with Crippen LogP contribution < -0.4 is 9.80 Å². The van der Waals surface area contributed by atoms with Crippen molar-refractivity contribution in [2.24, 2.45) is 0 Å². The molecule has 1 heterocycles. The molecule has 0 aliphatic heterocycles. The van der Waals surface area contributed by atoms with Gasteiger partial charge in [0.2, 0.25) is 0 Å². The molecule has 0 saturated heterocycles. The van der Waals surface area contributed by atoms with Gasteiger partial charge in [-0.15, -0.1) is 11.3 Å². The van der Waals surface area contributed by atoms with Gasteiger partial charge in [0.05, 0.1) is 17.1 Å². The molecule has 9 rings (SSSR count). The van der Waals surface area contributed by atoms with Gasteiger partial charge in [0.25, 0.3) is 0 Å². The number of anilines is 6. The zero-order valence-corrected chi connectivity index (χ0v) is 46.2. The van der Waals surface area contributed by atoms with Crippen LogP contribution in [0.1, 0.15) is 149 Å². The van der Waals surface area contributed by atoms with Crippen LogP contribution in [0.2, 0.25) is 0 Å². The molecule has 0 radical (unpaired) electrons. The van der Waals surface area contributed by atoms with Crippen molar-refractivity contribution in [2.45, 2.75) is 143 Å². The summed E-state index contributed by atoms with van der Waals surface area (Å²) in [5.41, 5.74) is 18.4. The molecule has 4 heteroatoms. The van der Waals surface area contributed by atoms with E-state index in [1.807, 2.05) is 11.3 Å². The van der Waals surface area contributed by atoms with Crippen molar-refractivity contribution in [3.8, 4) is 22.3 Å². The van der Waals surface area contributed by atoms with E-state index in [2.05, 4.69) is 266 Å². The lowest BCUT2D eigenvalue weighted by Crippen LogP contribution is -2.18. The van der Waals surface area contributed by atoms with Crippen molar-refractivity contribution in [1.29, 1.82) is 0 Å². The average molecular weight is 1010 g/mol. The molecule has 70 heavy (non-hydrogen) atoms. The molecule has 7 aromatic carbocycles. The molecule has 0 unspecified atom stereocenters. The Bertz CT molecular complexity index is 3110. The summed E-state index contributed by atoms with van der Waals surface area (Å²) in [6.07, 6.45) is 6.46. The minimum atomic E-state index is -0.165. The number of rotatable bonds is 9. The van der Waals surface area contributed by atoms with Gasteiger partial charge < -0.3 is 9.80 Å². The molecule has 8 aromatic rings. The maximum Gasteiger partial charge on any atom is 0.0647 e. The smallest absolute Gasteiger partial charge is 0.0647 e. The molecule has 1 aliphatic rings. The molecule has 2 nitrogen and oxygen atoms in total. The first-order chi connectivity index (χ1) is 33.1. The Morgan fingerprint density at radius 1 is 0.429 bits per heavy atom. The lowest BCUT2D eigenvalue weighted by Gasteiger charge is -2.34. The Kier molecular flexibility index (Phi) is 13.7. The van der Waals surface area contributed by atoms with Crippen molar-refractivity contribution in [3.05, 3.63) is 189 Å². The minimum Gasteiger partial charge on any atom is -0.309 e. The van der Waals surface area contributed by atoms with Crippen LogP contribution in [0.5, 0.6) is 0 Å². The predicted octanol–water partition coefficient (Wildman–Crippen LogP) is 21.2. The molecule has 1 fully saturated rings. The third-order valence-electron chi connectivity index (χ3n) is 14.6. The van der Waals surface area contributed by atoms with E-state index in [1.165, 1.54) is 104 Å². The predicted molar refractivity (Wildman–Crippen MR) is 310 cm³/mol. The molecule has 0 bridgehead atoms. The number of hydrogen-bond acceptors (Lipinski definition) is 3. The number of benzene rings is 7. The average Bonchev–Trinajstić information content (AvgIpc) is 3.75. The van der Waals surface area contributed by atoms with E-state index in [4.69, 9.17) is 0 Å². The van der Waals surface area contributed by atoms with Gasteiger partial charge in [0.1, 0.15) is 0 Å². The number of halogens is 1. The van der Waals surface area contributed by atoms with E-state index < -0.39 is 0 Å². The first-order valence-electron chi connectivity index (χ1n) is 25.6. The summed E-state index contributed by atoms with van der Waals surface area (Å²) in [6, 6.07) is 58.2. The largest absolute Gasteiger partial charge is 0.309 e. The van der Waals surface area contributed by atoms with Crippen LogP contribution >= 0.6 is 27.3 Å². The Labute approximate surface area is 433 Å². The van der Waals surface area contributed by atoms with E-state index in [0.717, 1.165) is 27.2 Å². The zero-order valence-electron chi connectivity index (χ0n) is 43.8. The van der Waals surface area contributed by atoms with Gasteiger partial charge in [-0.25, -0.2) is 0 Å². The molecule has 1 aliphatic carbocycles. The molecular formula is C66H73BrN2S. The highest BCUT2D eigenvalue weighted by Gasteiger charge is 2.29. The third kappa shape index (κ3) is 10.5. The van der Waals surface area contributed by atoms with Gasteiger partial charge in [-0.3, -0.25) is 0 Å². The van der Waals surface area contributed by atoms with Crippen molar-refractivity contribution in [2.75, 3.05) is 9.80 Å². The second-order valence-electron chi connectivity index (χ2n) is 24.0. The maximum absolute atomic E-state index is 4.16. The maximum atomic E-state index is 4.16. The minimum absolute atomic E-state index is 0.00373. The van der Waals surface area contributed by atoms with Gasteiger partial charge in [-0.05, 0) is 168 Å². The Morgan fingerprint density at radius 3 is 1.57 bits per heavy atom. The first kappa shape index (κ1) is 49.6. The van der Waals surface area contributed by atoms with Gasteiger partial charge in [-0.2, -0.15) is 0 Å². The molecule has 1 aromatic heterocycles. The van der Waals surface area contributed by atoms with Crippen molar-refractivity contribution in [3.63, 3.8) is 0 Å². The lowest BCUT2D eigenvalue weighted by molar-refractivity contribution is 0.444. The fraction of sp³-hybridized carbons (Fsp3) is 0.333. The van der Waals surface area contributed by atoms with Crippen LogP contribution in [0.4, 0.5) is 34.1 Å². The monoisotopic (exact) mass is 1000 g/mol. The summed E-state index contributed by atoms with van der Waals surface area (Å²) >= 11 is 6.00. The fourth-order valence-electron chi connectivity index (χ4n) is 10.2. The Balaban J connectivity index is 1.30. The van der Waals surface area contributed by atoms with Crippen molar-refractivity contribution in [1.82, 2.24) is 0 Å². The van der Waals surface area contributed by atoms with Crippen molar-refractivity contribution >= 4 is 71.5 Å². The highest BCUT2D eigenvalue weighted by atomic mass is 79.9. The number of thiophene rings is 1. The topological polar surface area (TPSA) is 6.48 Å². The zero-order chi connectivity index (χ0) is 49.8. The normalized spacial score (nSPS) is 14.0. The molecule has 0 amide bonds. The molecule has 1 saturated carbocycles. The van der Waals surface area contributed by atoms with Gasteiger partial charge in [-0.1, -0.05) is 187 Å². The highest BCUT2D eigenvalue weighted by molar-refractivity contribution is 9.10. The molecule has 0 atom stereocenters. The first-order valence-corrected chi connectivity index (χ1v) is 27.3. The lowest BCUT2D eigenvalue weighted by atomic mass is 9.82. The SMILES string of the molecule is CC(C)(C)c1ccc(-c2ccc(N(c3cc(N(c4ccc(C5CCCCC5)cc4-c4ccccc4)c4csc5ccc(C(C)(C)C)cc45)cc(C(C)(C)C)c3)c3ccc(C(C)(C)C)cc3Br)cc2)cc1. The van der Waals surface area contributed by atoms with Crippen LogP contribution in [0, 0.1) is 0 Å². The quantitative estimate of drug-likeness (QED) is 0.142. The summed E-state index contributed by atoms with van der Waals surface area (Å²) in [7, 11) is 0. The Morgan fingerprint density at radius 2 is 0.971 bits per heavy atom. The summed E-state index contributed by atoms with van der Waals surface area (Å²) in [6.45, 7) is 27.7. The Hall–Kier alpha value is -5.42.